The molecule has 0 saturated carbocycles. The Kier molecular flexibility index (Phi) is 4.15. The molecule has 0 aliphatic carbocycles. The highest BCUT2D eigenvalue weighted by Crippen LogP contribution is 2.15. The highest BCUT2D eigenvalue weighted by molar-refractivity contribution is 5.46. The van der Waals surface area contributed by atoms with Gasteiger partial charge in [0.05, 0.1) is 6.57 Å². The van der Waals surface area contributed by atoms with E-state index in [0.29, 0.717) is 0 Å². The van der Waals surface area contributed by atoms with Crippen LogP contribution >= 0.6 is 0 Å². The van der Waals surface area contributed by atoms with E-state index >= 15 is 0 Å². The van der Waals surface area contributed by atoms with Crippen molar-refractivity contribution in [3.8, 4) is 0 Å². The Labute approximate surface area is 86.0 Å². The molecule has 1 aromatic rings. The van der Waals surface area contributed by atoms with E-state index < -0.39 is 0 Å². The van der Waals surface area contributed by atoms with E-state index in [0.717, 1.165) is 25.3 Å². The molecule has 2 heteroatoms. The van der Waals surface area contributed by atoms with Gasteiger partial charge in [0.25, 0.3) is 0 Å². The third-order valence-electron chi connectivity index (χ3n) is 2.34. The average Bonchev–Trinajstić information content (AvgIpc) is 2.26. The second kappa shape index (κ2) is 5.41. The zero-order chi connectivity index (χ0) is 10.4. The molecule has 74 valence electrons. The van der Waals surface area contributed by atoms with Gasteiger partial charge in [0.15, 0.2) is 5.69 Å². The van der Waals surface area contributed by atoms with Crippen LogP contribution in [0.5, 0.6) is 0 Å². The minimum Gasteiger partial charge on any atom is -0.300 e. The van der Waals surface area contributed by atoms with Crippen molar-refractivity contribution in [1.29, 1.82) is 0 Å². The third kappa shape index (κ3) is 2.86. The molecule has 0 unspecified atom stereocenters. The topological polar surface area (TPSA) is 7.60 Å². The van der Waals surface area contributed by atoms with Gasteiger partial charge in [0.1, 0.15) is 0 Å². The van der Waals surface area contributed by atoms with Crippen molar-refractivity contribution in [2.24, 2.45) is 0 Å². The van der Waals surface area contributed by atoms with E-state index in [1.807, 2.05) is 18.2 Å². The number of rotatable bonds is 4. The maximum absolute atomic E-state index is 6.92. The fraction of sp³-hybridized carbons (Fsp3) is 0.417. The first-order valence-electron chi connectivity index (χ1n) is 4.99. The molecule has 0 heterocycles. The molecule has 0 aliphatic heterocycles. The second-order valence-corrected chi connectivity index (χ2v) is 3.24. The van der Waals surface area contributed by atoms with Gasteiger partial charge in [-0.05, 0) is 18.7 Å². The van der Waals surface area contributed by atoms with Gasteiger partial charge in [-0.15, -0.1) is 0 Å². The Bertz CT molecular complexity index is 321. The lowest BCUT2D eigenvalue weighted by Gasteiger charge is -2.17. The quantitative estimate of drug-likeness (QED) is 0.659. The van der Waals surface area contributed by atoms with Gasteiger partial charge in [-0.25, -0.2) is 4.85 Å². The Balaban J connectivity index is 2.72. The summed E-state index contributed by atoms with van der Waals surface area (Å²) in [5, 5.41) is 0. The molecule has 0 atom stereocenters. The van der Waals surface area contributed by atoms with E-state index in [1.54, 1.807) is 0 Å². The molecule has 0 amide bonds. The van der Waals surface area contributed by atoms with Crippen LogP contribution in [0, 0.1) is 6.57 Å². The van der Waals surface area contributed by atoms with E-state index in [2.05, 4.69) is 29.7 Å². The fourth-order valence-corrected chi connectivity index (χ4v) is 1.43. The Morgan fingerprint density at radius 2 is 2.00 bits per heavy atom. The summed E-state index contributed by atoms with van der Waals surface area (Å²) in [5.41, 5.74) is 1.96. The zero-order valence-corrected chi connectivity index (χ0v) is 8.83. The number of hydrogen-bond acceptors (Lipinski definition) is 1. The zero-order valence-electron chi connectivity index (χ0n) is 8.83. The van der Waals surface area contributed by atoms with Crippen molar-refractivity contribution in [3.63, 3.8) is 0 Å². The number of benzene rings is 1. The summed E-state index contributed by atoms with van der Waals surface area (Å²) < 4.78 is 0. The molecule has 0 aromatic heterocycles. The van der Waals surface area contributed by atoms with E-state index in [-0.39, 0.29) is 0 Å². The monoisotopic (exact) mass is 188 g/mol. The lowest BCUT2D eigenvalue weighted by molar-refractivity contribution is 0.296. The fourth-order valence-electron chi connectivity index (χ4n) is 1.43. The molecule has 0 saturated heterocycles. The van der Waals surface area contributed by atoms with Gasteiger partial charge < -0.3 is 0 Å². The molecule has 0 spiro atoms. The maximum atomic E-state index is 6.92. The highest BCUT2D eigenvalue weighted by atomic mass is 15.1. The van der Waals surface area contributed by atoms with Crippen molar-refractivity contribution in [2.45, 2.75) is 20.4 Å². The summed E-state index contributed by atoms with van der Waals surface area (Å²) >= 11 is 0. The smallest absolute Gasteiger partial charge is 0.187 e. The summed E-state index contributed by atoms with van der Waals surface area (Å²) in [4.78, 5) is 5.76. The lowest BCUT2D eigenvalue weighted by atomic mass is 10.2. The minimum atomic E-state index is 0.731. The molecule has 2 nitrogen and oxygen atoms in total. The molecule has 0 bridgehead atoms. The van der Waals surface area contributed by atoms with E-state index in [4.69, 9.17) is 6.57 Å². The van der Waals surface area contributed by atoms with Crippen LogP contribution in [0.2, 0.25) is 0 Å². The predicted molar refractivity (Wildman–Crippen MR) is 59.3 cm³/mol. The van der Waals surface area contributed by atoms with Crippen LogP contribution in [0.1, 0.15) is 19.4 Å². The SMILES string of the molecule is [C-]#[N+]c1cccc(CN(CC)CC)c1. The standard InChI is InChI=1S/C12H16N2/c1-4-14(5-2)10-11-7-6-8-12(9-11)13-3/h6-9H,4-5,10H2,1-2H3. The van der Waals surface area contributed by atoms with Gasteiger partial charge >= 0.3 is 0 Å². The molecular weight excluding hydrogens is 172 g/mol. The third-order valence-corrected chi connectivity index (χ3v) is 2.34. The van der Waals surface area contributed by atoms with Gasteiger partial charge in [-0.2, -0.15) is 0 Å². The van der Waals surface area contributed by atoms with Crippen LogP contribution in [0.3, 0.4) is 0 Å². The van der Waals surface area contributed by atoms with E-state index in [1.165, 1.54) is 5.56 Å². The highest BCUT2D eigenvalue weighted by Gasteiger charge is 2.01. The van der Waals surface area contributed by atoms with Crippen molar-refractivity contribution < 1.29 is 0 Å². The van der Waals surface area contributed by atoms with Gasteiger partial charge in [0.2, 0.25) is 0 Å². The Morgan fingerprint density at radius 3 is 2.57 bits per heavy atom. The molecule has 0 fully saturated rings. The summed E-state index contributed by atoms with van der Waals surface area (Å²) in [6, 6.07) is 7.84. The first kappa shape index (κ1) is 10.7. The predicted octanol–water partition coefficient (Wildman–Crippen LogP) is 3.08. The van der Waals surface area contributed by atoms with Crippen molar-refractivity contribution >= 4 is 5.69 Å². The summed E-state index contributed by atoms with van der Waals surface area (Å²) in [6.45, 7) is 14.3. The van der Waals surface area contributed by atoms with Gasteiger partial charge in [0, 0.05) is 6.54 Å². The molecular formula is C12H16N2. The summed E-state index contributed by atoms with van der Waals surface area (Å²) in [7, 11) is 0. The van der Waals surface area contributed by atoms with Crippen molar-refractivity contribution in [2.75, 3.05) is 13.1 Å². The van der Waals surface area contributed by atoms with Crippen LogP contribution in [0.25, 0.3) is 4.85 Å². The molecule has 0 radical (unpaired) electrons. The van der Waals surface area contributed by atoms with Gasteiger partial charge in [-0.1, -0.05) is 38.1 Å². The Morgan fingerprint density at radius 1 is 1.29 bits per heavy atom. The maximum Gasteiger partial charge on any atom is 0.187 e. The molecule has 14 heavy (non-hydrogen) atoms. The van der Waals surface area contributed by atoms with Gasteiger partial charge in [-0.3, -0.25) is 4.90 Å². The van der Waals surface area contributed by atoms with Crippen LogP contribution < -0.4 is 0 Å². The molecule has 1 rings (SSSR count). The van der Waals surface area contributed by atoms with Crippen LogP contribution in [-0.2, 0) is 6.54 Å². The number of hydrogen-bond donors (Lipinski definition) is 0. The normalized spacial score (nSPS) is 10.1. The van der Waals surface area contributed by atoms with Crippen LogP contribution in [0.15, 0.2) is 24.3 Å². The molecule has 0 N–H and O–H groups in total. The summed E-state index contributed by atoms with van der Waals surface area (Å²) in [6.07, 6.45) is 0. The first-order valence-corrected chi connectivity index (χ1v) is 4.99. The summed E-state index contributed by atoms with van der Waals surface area (Å²) in [5.74, 6) is 0. The van der Waals surface area contributed by atoms with Crippen LogP contribution in [-0.4, -0.2) is 18.0 Å². The minimum absolute atomic E-state index is 0.731. The molecule has 1 aromatic carbocycles. The molecule has 0 aliphatic rings. The first-order chi connectivity index (χ1) is 6.80. The largest absolute Gasteiger partial charge is 0.300 e. The van der Waals surface area contributed by atoms with Crippen molar-refractivity contribution in [3.05, 3.63) is 41.2 Å². The average molecular weight is 188 g/mol. The van der Waals surface area contributed by atoms with E-state index in [9.17, 15) is 0 Å². The van der Waals surface area contributed by atoms with Crippen molar-refractivity contribution in [1.82, 2.24) is 4.90 Å². The van der Waals surface area contributed by atoms with Crippen LogP contribution in [0.4, 0.5) is 5.69 Å². The lowest BCUT2D eigenvalue weighted by Crippen LogP contribution is -2.21. The Hall–Kier alpha value is -1.33. The number of nitrogens with zero attached hydrogens (tertiary/aromatic N) is 2. The second-order valence-electron chi connectivity index (χ2n) is 3.24.